The molecular formula is C28H23F2N5O3S. The van der Waals surface area contributed by atoms with E-state index >= 15 is 4.39 Å². The molecule has 0 bridgehead atoms. The van der Waals surface area contributed by atoms with Crippen molar-refractivity contribution in [2.75, 3.05) is 22.1 Å². The number of hydrogen-bond donors (Lipinski definition) is 3. The molecule has 2 aromatic heterocycles. The Kier molecular flexibility index (Phi) is 5.76. The Morgan fingerprint density at radius 3 is 2.69 bits per heavy atom. The number of phenolic OH excluding ortho intramolecular Hbond substituents is 1. The molecule has 0 saturated heterocycles. The molecule has 1 aliphatic rings. The standard InChI is InChI=1S/C28H23F2N5O3S/c1-14-10-21(38-34-14)23-16(30)12-20(36)25-24(23)28(2,3)13-35(25)19-7-5-4-6-17(19)31-26(37)33-27-32-18-9-8-15(29)11-22(18)39-27/h4-12,36H,13H2,1-3H3,(H2,31,32,33,37). The summed E-state index contributed by atoms with van der Waals surface area (Å²) in [5.74, 6) is -0.944. The van der Waals surface area contributed by atoms with Crippen LogP contribution in [0.25, 0.3) is 21.5 Å². The first-order chi connectivity index (χ1) is 18.6. The van der Waals surface area contributed by atoms with Gasteiger partial charge in [0.25, 0.3) is 0 Å². The van der Waals surface area contributed by atoms with Gasteiger partial charge in [0.2, 0.25) is 0 Å². The average Bonchev–Trinajstić information content (AvgIpc) is 3.54. The Bertz CT molecular complexity index is 1760. The molecule has 0 radical (unpaired) electrons. The van der Waals surface area contributed by atoms with Gasteiger partial charge >= 0.3 is 6.03 Å². The maximum atomic E-state index is 15.3. The highest BCUT2D eigenvalue weighted by molar-refractivity contribution is 7.22. The van der Waals surface area contributed by atoms with Gasteiger partial charge in [-0.3, -0.25) is 5.32 Å². The van der Waals surface area contributed by atoms with E-state index in [2.05, 4.69) is 20.8 Å². The lowest BCUT2D eigenvalue weighted by Crippen LogP contribution is -2.27. The van der Waals surface area contributed by atoms with Crippen LogP contribution in [0.15, 0.2) is 59.1 Å². The van der Waals surface area contributed by atoms with Crippen molar-refractivity contribution in [2.24, 2.45) is 0 Å². The number of phenols is 1. The van der Waals surface area contributed by atoms with E-state index in [9.17, 15) is 14.3 Å². The van der Waals surface area contributed by atoms with Crippen molar-refractivity contribution in [1.82, 2.24) is 10.1 Å². The highest BCUT2D eigenvalue weighted by atomic mass is 32.1. The molecule has 2 amide bonds. The summed E-state index contributed by atoms with van der Waals surface area (Å²) in [6.07, 6.45) is 0. The number of nitrogens with one attached hydrogen (secondary N) is 2. The third-order valence-corrected chi connectivity index (χ3v) is 7.55. The topological polar surface area (TPSA) is 104 Å². The van der Waals surface area contributed by atoms with E-state index in [1.54, 1.807) is 31.2 Å². The number of aromatic nitrogens is 2. The van der Waals surface area contributed by atoms with Gasteiger partial charge in [-0.2, -0.15) is 0 Å². The minimum atomic E-state index is -0.612. The number of benzene rings is 3. The van der Waals surface area contributed by atoms with E-state index in [1.165, 1.54) is 12.1 Å². The van der Waals surface area contributed by atoms with Crippen molar-refractivity contribution in [3.8, 4) is 17.1 Å². The van der Waals surface area contributed by atoms with Gasteiger partial charge < -0.3 is 19.8 Å². The van der Waals surface area contributed by atoms with Crippen LogP contribution < -0.4 is 15.5 Å². The Labute approximate surface area is 225 Å². The van der Waals surface area contributed by atoms with E-state index in [0.29, 0.717) is 50.2 Å². The van der Waals surface area contributed by atoms with Crippen molar-refractivity contribution in [3.63, 3.8) is 0 Å². The van der Waals surface area contributed by atoms with E-state index in [1.807, 2.05) is 30.9 Å². The van der Waals surface area contributed by atoms with Gasteiger partial charge in [-0.1, -0.05) is 42.5 Å². The van der Waals surface area contributed by atoms with Crippen molar-refractivity contribution in [3.05, 3.63) is 77.5 Å². The van der Waals surface area contributed by atoms with Gasteiger partial charge in [0.1, 0.15) is 17.4 Å². The number of carbonyl (C=O) groups excluding carboxylic acids is 1. The van der Waals surface area contributed by atoms with Crippen LogP contribution in [0, 0.1) is 18.6 Å². The molecule has 0 spiro atoms. The lowest BCUT2D eigenvalue weighted by atomic mass is 9.82. The smallest absolute Gasteiger partial charge is 0.325 e. The molecule has 39 heavy (non-hydrogen) atoms. The van der Waals surface area contributed by atoms with Crippen LogP contribution in [0.4, 0.5) is 35.8 Å². The van der Waals surface area contributed by atoms with Gasteiger partial charge in [0.15, 0.2) is 10.9 Å². The third-order valence-electron chi connectivity index (χ3n) is 6.62. The number of hydrogen-bond acceptors (Lipinski definition) is 7. The number of carbonyl (C=O) groups is 1. The van der Waals surface area contributed by atoms with Crippen LogP contribution >= 0.6 is 11.3 Å². The number of anilines is 4. The molecule has 8 nitrogen and oxygen atoms in total. The summed E-state index contributed by atoms with van der Waals surface area (Å²) in [6.45, 7) is 6.05. The zero-order valence-corrected chi connectivity index (χ0v) is 22.0. The first kappa shape index (κ1) is 24.8. The fraction of sp³-hybridized carbons (Fsp3) is 0.179. The van der Waals surface area contributed by atoms with E-state index in [4.69, 9.17) is 4.52 Å². The molecular weight excluding hydrogens is 524 g/mol. The molecule has 0 saturated carbocycles. The summed E-state index contributed by atoms with van der Waals surface area (Å²) in [6, 6.07) is 13.5. The first-order valence-corrected chi connectivity index (χ1v) is 12.9. The number of amides is 2. The fourth-order valence-electron chi connectivity index (χ4n) is 5.06. The molecule has 3 heterocycles. The third kappa shape index (κ3) is 4.34. The van der Waals surface area contributed by atoms with Crippen LogP contribution in [-0.4, -0.2) is 27.8 Å². The molecule has 11 heteroatoms. The Morgan fingerprint density at radius 2 is 1.92 bits per heavy atom. The van der Waals surface area contributed by atoms with Gasteiger partial charge in [0.05, 0.1) is 38.5 Å². The maximum Gasteiger partial charge on any atom is 0.325 e. The van der Waals surface area contributed by atoms with Crippen LogP contribution in [0.1, 0.15) is 25.1 Å². The second-order valence-corrected chi connectivity index (χ2v) is 11.0. The summed E-state index contributed by atoms with van der Waals surface area (Å²) >= 11 is 1.16. The van der Waals surface area contributed by atoms with Crippen molar-refractivity contribution < 1.29 is 23.2 Å². The van der Waals surface area contributed by atoms with Crippen LogP contribution in [0.3, 0.4) is 0 Å². The van der Waals surface area contributed by atoms with Crippen LogP contribution in [0.2, 0.25) is 0 Å². The summed E-state index contributed by atoms with van der Waals surface area (Å²) in [5.41, 5.74) is 2.90. The van der Waals surface area contributed by atoms with Gasteiger partial charge in [0, 0.05) is 29.7 Å². The van der Waals surface area contributed by atoms with Crippen LogP contribution in [0.5, 0.6) is 5.75 Å². The first-order valence-electron chi connectivity index (χ1n) is 12.1. The normalized spacial score (nSPS) is 14.0. The number of aromatic hydroxyl groups is 1. The molecule has 0 aliphatic carbocycles. The Morgan fingerprint density at radius 1 is 1.13 bits per heavy atom. The lowest BCUT2D eigenvalue weighted by molar-refractivity contribution is 0.262. The number of halogens is 2. The van der Waals surface area contributed by atoms with E-state index < -0.39 is 17.3 Å². The number of urea groups is 1. The number of aryl methyl sites for hydroxylation is 1. The Hall–Kier alpha value is -4.51. The molecule has 0 atom stereocenters. The maximum absolute atomic E-state index is 15.3. The zero-order chi connectivity index (χ0) is 27.5. The highest BCUT2D eigenvalue weighted by Crippen LogP contribution is 2.54. The molecule has 0 unspecified atom stereocenters. The number of nitrogens with zero attached hydrogens (tertiary/aromatic N) is 3. The average molecular weight is 548 g/mol. The summed E-state index contributed by atoms with van der Waals surface area (Å²) in [5, 5.41) is 20.7. The fourth-order valence-corrected chi connectivity index (χ4v) is 5.94. The molecule has 198 valence electrons. The number of rotatable bonds is 4. The molecule has 1 aliphatic heterocycles. The predicted octanol–water partition coefficient (Wildman–Crippen LogP) is 7.32. The van der Waals surface area contributed by atoms with Crippen molar-refractivity contribution >= 4 is 49.8 Å². The summed E-state index contributed by atoms with van der Waals surface area (Å²) < 4.78 is 34.8. The monoisotopic (exact) mass is 547 g/mol. The van der Waals surface area contributed by atoms with Gasteiger partial charge in [-0.15, -0.1) is 0 Å². The summed E-state index contributed by atoms with van der Waals surface area (Å²) in [7, 11) is 0. The van der Waals surface area contributed by atoms with Crippen LogP contribution in [-0.2, 0) is 5.41 Å². The van der Waals surface area contributed by atoms with Gasteiger partial charge in [-0.05, 0) is 37.3 Å². The molecule has 3 aromatic carbocycles. The second kappa shape index (κ2) is 9.05. The van der Waals surface area contributed by atoms with E-state index in [0.717, 1.165) is 17.4 Å². The number of thiazole rings is 1. The van der Waals surface area contributed by atoms with Crippen molar-refractivity contribution in [2.45, 2.75) is 26.2 Å². The van der Waals surface area contributed by atoms with Crippen molar-refractivity contribution in [1.29, 1.82) is 0 Å². The molecule has 6 rings (SSSR count). The van der Waals surface area contributed by atoms with Gasteiger partial charge in [-0.25, -0.2) is 18.6 Å². The SMILES string of the molecule is Cc1cc(-c2c(F)cc(O)c3c2C(C)(C)CN3c2ccccc2NC(=O)Nc2nc3ccc(F)cc3s2)on1. The lowest BCUT2D eigenvalue weighted by Gasteiger charge is -2.25. The Balaban J connectivity index is 1.36. The summed E-state index contributed by atoms with van der Waals surface area (Å²) in [4.78, 5) is 19.1. The predicted molar refractivity (Wildman–Crippen MR) is 147 cm³/mol. The highest BCUT2D eigenvalue weighted by Gasteiger charge is 2.42. The molecule has 5 aromatic rings. The number of para-hydroxylation sites is 2. The zero-order valence-electron chi connectivity index (χ0n) is 21.2. The quantitative estimate of drug-likeness (QED) is 0.218. The van der Waals surface area contributed by atoms with E-state index in [-0.39, 0.29) is 22.9 Å². The second-order valence-electron chi connectivity index (χ2n) is 10.0. The minimum absolute atomic E-state index is 0.228. The largest absolute Gasteiger partial charge is 0.506 e. The number of fused-ring (bicyclic) bond motifs is 2. The molecule has 3 N–H and O–H groups in total. The molecule has 0 fully saturated rings. The minimum Gasteiger partial charge on any atom is -0.506 e.